The number of rotatable bonds is 11. The fraction of sp³-hybridized carbons (Fsp3) is 0.909. The summed E-state index contributed by atoms with van der Waals surface area (Å²) in [6.07, 6.45) is 7.58. The first-order valence-electron chi connectivity index (χ1n) is 5.87. The minimum Gasteiger partial charge on any atom is -0.290 e. The predicted octanol–water partition coefficient (Wildman–Crippen LogP) is 4.16. The molecule has 0 rings (SSSR count). The number of hydrogen-bond donors (Lipinski definition) is 0. The fourth-order valence-corrected chi connectivity index (χ4v) is 2.82. The van der Waals surface area contributed by atoms with Crippen LogP contribution < -0.4 is 0 Å². The molecule has 90 valence electrons. The Morgan fingerprint density at radius 2 is 1.53 bits per heavy atom. The molecule has 0 heterocycles. The van der Waals surface area contributed by atoms with Crippen LogP contribution in [0.3, 0.4) is 0 Å². The largest absolute Gasteiger partial charge is 0.290 e. The number of nitrogens with zero attached hydrogens (tertiary/aromatic N) is 1. The molecule has 0 amide bonds. The van der Waals surface area contributed by atoms with Gasteiger partial charge in [0.05, 0.1) is 0 Å². The predicted molar refractivity (Wildman–Crippen MR) is 72.6 cm³/mol. The summed E-state index contributed by atoms with van der Waals surface area (Å²) < 4.78 is 2.32. The molecule has 0 spiro atoms. The average Bonchev–Trinajstić information content (AvgIpc) is 2.25. The fourth-order valence-electron chi connectivity index (χ4n) is 1.34. The topological polar surface area (TPSA) is 20.3 Å². The zero-order chi connectivity index (χ0) is 11.4. The number of carbonyl (C=O) groups excluding carboxylic acids is 1. The zero-order valence-electron chi connectivity index (χ0n) is 9.91. The van der Waals surface area contributed by atoms with Gasteiger partial charge in [0.2, 0.25) is 0 Å². The Kier molecular flexibility index (Phi) is 12.7. The van der Waals surface area contributed by atoms with Crippen molar-refractivity contribution < 1.29 is 4.79 Å². The van der Waals surface area contributed by atoms with Gasteiger partial charge in [0.1, 0.15) is 0 Å². The molecule has 0 bridgehead atoms. The summed E-state index contributed by atoms with van der Waals surface area (Å²) in [6, 6.07) is 0. The Bertz CT molecular complexity index is 135. The third-order valence-corrected chi connectivity index (χ3v) is 4.08. The van der Waals surface area contributed by atoms with Crippen LogP contribution in [0.25, 0.3) is 0 Å². The molecule has 0 aromatic heterocycles. The van der Waals surface area contributed by atoms with Crippen LogP contribution in [0.15, 0.2) is 0 Å². The molecule has 0 saturated carbocycles. The van der Waals surface area contributed by atoms with E-state index < -0.39 is 0 Å². The van der Waals surface area contributed by atoms with Gasteiger partial charge in [-0.25, -0.2) is 4.31 Å². The zero-order valence-corrected chi connectivity index (χ0v) is 11.5. The van der Waals surface area contributed by atoms with Crippen LogP contribution in [0.1, 0.15) is 52.4 Å². The first kappa shape index (κ1) is 15.3. The van der Waals surface area contributed by atoms with E-state index in [1.54, 1.807) is 11.0 Å². The molecule has 0 radical (unpaired) electrons. The van der Waals surface area contributed by atoms with E-state index in [1.807, 2.05) is 0 Å². The Morgan fingerprint density at radius 3 is 1.93 bits per heavy atom. The molecule has 0 N–H and O–H groups in total. The summed E-state index contributed by atoms with van der Waals surface area (Å²) in [5.41, 5.74) is 0.914. The highest BCUT2D eigenvalue weighted by Crippen LogP contribution is 2.24. The lowest BCUT2D eigenvalue weighted by Gasteiger charge is -2.18. The van der Waals surface area contributed by atoms with Gasteiger partial charge in [0.15, 0.2) is 5.62 Å². The molecule has 0 aliphatic carbocycles. The van der Waals surface area contributed by atoms with Crippen molar-refractivity contribution in [2.75, 3.05) is 13.1 Å². The van der Waals surface area contributed by atoms with Crippen LogP contribution >= 0.6 is 21.8 Å². The summed E-state index contributed by atoms with van der Waals surface area (Å²) in [6.45, 7) is 6.66. The molecule has 0 aliphatic rings. The Balaban J connectivity index is 3.57. The van der Waals surface area contributed by atoms with Gasteiger partial charge in [-0.1, -0.05) is 39.5 Å². The van der Waals surface area contributed by atoms with Crippen LogP contribution in [0, 0.1) is 0 Å². The Hall–Kier alpha value is 0.330. The lowest BCUT2D eigenvalue weighted by atomic mass is 10.2. The summed E-state index contributed by atoms with van der Waals surface area (Å²) in [5.74, 6) is 0. The summed E-state index contributed by atoms with van der Waals surface area (Å²) in [4.78, 5) is 10.3. The smallest absolute Gasteiger partial charge is 0.187 e. The van der Waals surface area contributed by atoms with E-state index in [0.29, 0.717) is 0 Å². The highest BCUT2D eigenvalue weighted by atomic mass is 33.1. The standard InChI is InChI=1S/C11H23NOS2/c1-3-5-7-9-12(15-14-11-13)10-8-6-4-2/h11H,3-10H2,1-2H3. The second-order valence-corrected chi connectivity index (χ2v) is 5.69. The SMILES string of the molecule is CCCCCN(CCCCC)SSC=O. The molecule has 0 aromatic carbocycles. The minimum absolute atomic E-state index is 0.914. The molecule has 0 atom stereocenters. The van der Waals surface area contributed by atoms with E-state index in [-0.39, 0.29) is 0 Å². The monoisotopic (exact) mass is 249 g/mol. The third-order valence-electron chi connectivity index (χ3n) is 2.21. The lowest BCUT2D eigenvalue weighted by Crippen LogP contribution is -2.17. The highest BCUT2D eigenvalue weighted by Gasteiger charge is 2.04. The van der Waals surface area contributed by atoms with Gasteiger partial charge in [-0.2, -0.15) is 0 Å². The molecule has 0 unspecified atom stereocenters. The van der Waals surface area contributed by atoms with E-state index >= 15 is 0 Å². The Labute approximate surface area is 102 Å². The van der Waals surface area contributed by atoms with Crippen LogP contribution in [0.2, 0.25) is 0 Å². The maximum absolute atomic E-state index is 10.3. The molecular weight excluding hydrogens is 226 g/mol. The van der Waals surface area contributed by atoms with Crippen molar-refractivity contribution in [3.63, 3.8) is 0 Å². The van der Waals surface area contributed by atoms with Gasteiger partial charge in [-0.05, 0) is 34.6 Å². The molecule has 15 heavy (non-hydrogen) atoms. The van der Waals surface area contributed by atoms with Crippen molar-refractivity contribution >= 4 is 27.4 Å². The number of hydrogen-bond acceptors (Lipinski definition) is 4. The van der Waals surface area contributed by atoms with Gasteiger partial charge < -0.3 is 0 Å². The van der Waals surface area contributed by atoms with Crippen LogP contribution in [0.4, 0.5) is 0 Å². The minimum atomic E-state index is 0.914. The quantitative estimate of drug-likeness (QED) is 0.237. The summed E-state index contributed by atoms with van der Waals surface area (Å²) >= 11 is 0. The van der Waals surface area contributed by atoms with Crippen molar-refractivity contribution in [1.82, 2.24) is 4.31 Å². The number of unbranched alkanes of at least 4 members (excludes halogenated alkanes) is 4. The second kappa shape index (κ2) is 12.4. The first-order valence-corrected chi connectivity index (χ1v) is 8.04. The maximum Gasteiger partial charge on any atom is 0.187 e. The first-order chi connectivity index (χ1) is 7.35. The maximum atomic E-state index is 10.3. The lowest BCUT2D eigenvalue weighted by molar-refractivity contribution is 0.437. The normalized spacial score (nSPS) is 10.9. The third kappa shape index (κ3) is 10.6. The van der Waals surface area contributed by atoms with E-state index in [9.17, 15) is 4.79 Å². The second-order valence-electron chi connectivity index (χ2n) is 3.61. The molecule has 0 aromatic rings. The van der Waals surface area contributed by atoms with Crippen molar-refractivity contribution in [2.24, 2.45) is 0 Å². The number of carbonyl (C=O) groups is 1. The molecule has 0 aliphatic heterocycles. The Morgan fingerprint density at radius 1 is 1.00 bits per heavy atom. The van der Waals surface area contributed by atoms with E-state index in [4.69, 9.17) is 0 Å². The molecule has 0 saturated heterocycles. The van der Waals surface area contributed by atoms with Gasteiger partial charge in [-0.3, -0.25) is 4.79 Å². The van der Waals surface area contributed by atoms with E-state index in [1.165, 1.54) is 49.3 Å². The van der Waals surface area contributed by atoms with Crippen LogP contribution in [0.5, 0.6) is 0 Å². The van der Waals surface area contributed by atoms with Crippen molar-refractivity contribution in [3.05, 3.63) is 0 Å². The van der Waals surface area contributed by atoms with Gasteiger partial charge >= 0.3 is 0 Å². The summed E-state index contributed by atoms with van der Waals surface area (Å²) in [5, 5.41) is 0. The van der Waals surface area contributed by atoms with E-state index in [2.05, 4.69) is 18.2 Å². The molecule has 4 heteroatoms. The van der Waals surface area contributed by atoms with Crippen LogP contribution in [-0.4, -0.2) is 23.0 Å². The van der Waals surface area contributed by atoms with Gasteiger partial charge in [-0.15, -0.1) is 0 Å². The highest BCUT2D eigenvalue weighted by molar-refractivity contribution is 8.80. The van der Waals surface area contributed by atoms with Gasteiger partial charge in [0.25, 0.3) is 0 Å². The average molecular weight is 249 g/mol. The summed E-state index contributed by atoms with van der Waals surface area (Å²) in [7, 11) is 2.90. The van der Waals surface area contributed by atoms with Crippen LogP contribution in [-0.2, 0) is 4.79 Å². The molecule has 2 nitrogen and oxygen atoms in total. The van der Waals surface area contributed by atoms with Gasteiger partial charge in [0, 0.05) is 13.1 Å². The van der Waals surface area contributed by atoms with E-state index in [0.717, 1.165) is 18.7 Å². The molecular formula is C11H23NOS2. The van der Waals surface area contributed by atoms with Crippen molar-refractivity contribution in [2.45, 2.75) is 52.4 Å². The molecule has 0 fully saturated rings. The van der Waals surface area contributed by atoms with Crippen molar-refractivity contribution in [3.8, 4) is 0 Å². The van der Waals surface area contributed by atoms with Crippen molar-refractivity contribution in [1.29, 1.82) is 0 Å².